The van der Waals surface area contributed by atoms with Crippen LogP contribution in [0.1, 0.15) is 26.5 Å². The Morgan fingerprint density at radius 2 is 1.87 bits per heavy atom. The maximum Gasteiger partial charge on any atom is 0.244 e. The van der Waals surface area contributed by atoms with Crippen LogP contribution in [0.2, 0.25) is 0 Å². The molecule has 0 unspecified atom stereocenters. The molecule has 0 atom stereocenters. The fraction of sp³-hybridized carbons (Fsp3) is 0.438. The minimum Gasteiger partial charge on any atom is -0.383 e. The number of methoxy groups -OCH3 is 1. The fourth-order valence-corrected chi connectivity index (χ4v) is 3.49. The summed E-state index contributed by atoms with van der Waals surface area (Å²) in [6.45, 7) is 6.37. The van der Waals surface area contributed by atoms with E-state index >= 15 is 0 Å². The lowest BCUT2D eigenvalue weighted by molar-refractivity contribution is 0.204. The van der Waals surface area contributed by atoms with Crippen LogP contribution in [0.25, 0.3) is 5.69 Å². The number of benzene rings is 1. The second-order valence-corrected chi connectivity index (χ2v) is 8.00. The van der Waals surface area contributed by atoms with Crippen molar-refractivity contribution in [3.05, 3.63) is 42.2 Å². The molecule has 0 aliphatic heterocycles. The van der Waals surface area contributed by atoms with E-state index in [-0.39, 0.29) is 11.4 Å². The van der Waals surface area contributed by atoms with Crippen molar-refractivity contribution in [1.82, 2.24) is 14.5 Å². The first-order valence-corrected chi connectivity index (χ1v) is 8.88. The van der Waals surface area contributed by atoms with Crippen LogP contribution in [0.5, 0.6) is 0 Å². The van der Waals surface area contributed by atoms with Crippen LogP contribution in [0.15, 0.2) is 41.4 Å². The third-order valence-electron chi connectivity index (χ3n) is 3.30. The minimum atomic E-state index is -3.65. The van der Waals surface area contributed by atoms with Gasteiger partial charge in [0, 0.05) is 19.1 Å². The van der Waals surface area contributed by atoms with Gasteiger partial charge in [-0.1, -0.05) is 39.0 Å². The number of sulfonamides is 1. The SMILES string of the molecule is COCCNS(=O)(=O)c1cn(-c2ccccc2)nc1C(C)(C)C. The van der Waals surface area contributed by atoms with Crippen LogP contribution in [0.4, 0.5) is 0 Å². The summed E-state index contributed by atoms with van der Waals surface area (Å²) < 4.78 is 34.2. The van der Waals surface area contributed by atoms with Gasteiger partial charge in [0.25, 0.3) is 0 Å². The summed E-state index contributed by atoms with van der Waals surface area (Å²) in [7, 11) is -2.12. The zero-order valence-electron chi connectivity index (χ0n) is 13.9. The summed E-state index contributed by atoms with van der Waals surface area (Å²) in [6.07, 6.45) is 1.56. The fourth-order valence-electron chi connectivity index (χ4n) is 2.14. The molecule has 23 heavy (non-hydrogen) atoms. The Hall–Kier alpha value is -1.70. The molecule has 0 amide bonds. The topological polar surface area (TPSA) is 73.2 Å². The van der Waals surface area contributed by atoms with Crippen molar-refractivity contribution in [3.8, 4) is 5.69 Å². The molecule has 0 aliphatic carbocycles. The second kappa shape index (κ2) is 6.82. The standard InChI is InChI=1S/C16H23N3O3S/c1-16(2,3)15-14(23(20,21)17-10-11-22-4)12-19(18-15)13-8-6-5-7-9-13/h5-9,12,17H,10-11H2,1-4H3. The van der Waals surface area contributed by atoms with Gasteiger partial charge in [-0.3, -0.25) is 0 Å². The van der Waals surface area contributed by atoms with E-state index in [1.165, 1.54) is 7.11 Å². The van der Waals surface area contributed by atoms with Crippen LogP contribution in [0.3, 0.4) is 0 Å². The highest BCUT2D eigenvalue weighted by Crippen LogP contribution is 2.28. The molecule has 2 rings (SSSR count). The molecule has 1 aromatic carbocycles. The highest BCUT2D eigenvalue weighted by Gasteiger charge is 2.29. The van der Waals surface area contributed by atoms with Gasteiger partial charge in [-0.25, -0.2) is 17.8 Å². The normalized spacial score (nSPS) is 12.5. The van der Waals surface area contributed by atoms with Crippen molar-refractivity contribution in [3.63, 3.8) is 0 Å². The smallest absolute Gasteiger partial charge is 0.244 e. The maximum absolute atomic E-state index is 12.6. The predicted octanol–water partition coefficient (Wildman–Crippen LogP) is 2.09. The average molecular weight is 337 g/mol. The van der Waals surface area contributed by atoms with Gasteiger partial charge >= 0.3 is 0 Å². The molecular formula is C16H23N3O3S. The van der Waals surface area contributed by atoms with Crippen LogP contribution >= 0.6 is 0 Å². The number of hydrogen-bond acceptors (Lipinski definition) is 4. The molecular weight excluding hydrogens is 314 g/mol. The molecule has 1 heterocycles. The molecule has 1 aromatic heterocycles. The molecule has 0 saturated heterocycles. The van der Waals surface area contributed by atoms with E-state index in [1.807, 2.05) is 51.1 Å². The van der Waals surface area contributed by atoms with E-state index in [4.69, 9.17) is 4.74 Å². The third-order valence-corrected chi connectivity index (χ3v) is 4.76. The molecule has 7 heteroatoms. The Labute approximate surface area is 137 Å². The first-order chi connectivity index (χ1) is 10.8. The largest absolute Gasteiger partial charge is 0.383 e. The molecule has 0 saturated carbocycles. The van der Waals surface area contributed by atoms with Crippen molar-refractivity contribution >= 4 is 10.0 Å². The number of nitrogens with one attached hydrogen (secondary N) is 1. The quantitative estimate of drug-likeness (QED) is 0.819. The van der Waals surface area contributed by atoms with Gasteiger partial charge in [-0.05, 0) is 12.1 Å². The molecule has 0 radical (unpaired) electrons. The molecule has 2 aromatic rings. The number of rotatable bonds is 6. The van der Waals surface area contributed by atoms with Crippen LogP contribution < -0.4 is 4.72 Å². The Bertz CT molecular complexity index is 747. The second-order valence-electron chi connectivity index (χ2n) is 6.26. The zero-order chi connectivity index (χ0) is 17.1. The maximum atomic E-state index is 12.6. The van der Waals surface area contributed by atoms with E-state index in [0.717, 1.165) is 5.69 Å². The van der Waals surface area contributed by atoms with E-state index in [9.17, 15) is 8.42 Å². The van der Waals surface area contributed by atoms with Gasteiger partial charge < -0.3 is 4.74 Å². The van der Waals surface area contributed by atoms with Gasteiger partial charge in [0.15, 0.2) is 0 Å². The highest BCUT2D eigenvalue weighted by atomic mass is 32.2. The molecule has 0 bridgehead atoms. The molecule has 1 N–H and O–H groups in total. The summed E-state index contributed by atoms with van der Waals surface area (Å²) in [5.41, 5.74) is 0.952. The van der Waals surface area contributed by atoms with Crippen LogP contribution in [-0.2, 0) is 20.2 Å². The Morgan fingerprint density at radius 1 is 1.22 bits per heavy atom. The van der Waals surface area contributed by atoms with Gasteiger partial charge in [0.2, 0.25) is 10.0 Å². The summed E-state index contributed by atoms with van der Waals surface area (Å²) in [5.74, 6) is 0. The predicted molar refractivity (Wildman–Crippen MR) is 89.3 cm³/mol. The minimum absolute atomic E-state index is 0.199. The number of nitrogens with zero attached hydrogens (tertiary/aromatic N) is 2. The van der Waals surface area contributed by atoms with Crippen molar-refractivity contribution in [2.75, 3.05) is 20.3 Å². The molecule has 0 fully saturated rings. The van der Waals surface area contributed by atoms with Crippen LogP contribution in [0, 0.1) is 0 Å². The summed E-state index contributed by atoms with van der Waals surface area (Å²) in [4.78, 5) is 0.199. The Balaban J connectivity index is 2.48. The van der Waals surface area contributed by atoms with E-state index in [1.54, 1.807) is 10.9 Å². The monoisotopic (exact) mass is 337 g/mol. The first kappa shape index (κ1) is 17.7. The van der Waals surface area contributed by atoms with Crippen molar-refractivity contribution in [2.45, 2.75) is 31.1 Å². The lowest BCUT2D eigenvalue weighted by Gasteiger charge is -2.17. The van der Waals surface area contributed by atoms with Crippen LogP contribution in [-0.4, -0.2) is 38.5 Å². The van der Waals surface area contributed by atoms with Crippen molar-refractivity contribution < 1.29 is 13.2 Å². The first-order valence-electron chi connectivity index (χ1n) is 7.40. The van der Waals surface area contributed by atoms with E-state index in [2.05, 4.69) is 9.82 Å². The molecule has 0 spiro atoms. The van der Waals surface area contributed by atoms with Crippen molar-refractivity contribution in [1.29, 1.82) is 0 Å². The van der Waals surface area contributed by atoms with E-state index < -0.39 is 15.4 Å². The lowest BCUT2D eigenvalue weighted by Crippen LogP contribution is -2.29. The lowest BCUT2D eigenvalue weighted by atomic mass is 9.92. The third kappa shape index (κ3) is 4.19. The van der Waals surface area contributed by atoms with Gasteiger partial charge in [0.1, 0.15) is 4.90 Å². The number of aromatic nitrogens is 2. The van der Waals surface area contributed by atoms with Gasteiger partial charge in [-0.2, -0.15) is 5.10 Å². The van der Waals surface area contributed by atoms with Crippen molar-refractivity contribution in [2.24, 2.45) is 0 Å². The van der Waals surface area contributed by atoms with E-state index in [0.29, 0.717) is 12.3 Å². The summed E-state index contributed by atoms with van der Waals surface area (Å²) in [6, 6.07) is 9.45. The highest BCUT2D eigenvalue weighted by molar-refractivity contribution is 7.89. The number of hydrogen-bond donors (Lipinski definition) is 1. The summed E-state index contributed by atoms with van der Waals surface area (Å²) >= 11 is 0. The zero-order valence-corrected chi connectivity index (χ0v) is 14.7. The molecule has 0 aliphatic rings. The molecule has 6 nitrogen and oxygen atoms in total. The average Bonchev–Trinajstić information content (AvgIpc) is 2.94. The Kier molecular flexibility index (Phi) is 5.23. The molecule has 126 valence electrons. The number of ether oxygens (including phenoxy) is 1. The Morgan fingerprint density at radius 3 is 2.43 bits per heavy atom. The van der Waals surface area contributed by atoms with Gasteiger partial charge in [0.05, 0.1) is 24.2 Å². The van der Waals surface area contributed by atoms with Gasteiger partial charge in [-0.15, -0.1) is 0 Å². The number of para-hydroxylation sites is 1. The summed E-state index contributed by atoms with van der Waals surface area (Å²) in [5, 5.41) is 4.51.